The minimum Gasteiger partial charge on any atom is -0.431 e. The van der Waals surface area contributed by atoms with Crippen molar-refractivity contribution in [1.82, 2.24) is 0 Å². The van der Waals surface area contributed by atoms with E-state index in [1.807, 2.05) is 0 Å². The summed E-state index contributed by atoms with van der Waals surface area (Å²) >= 11 is 0. The molecular formula is C10H8O4. The number of esters is 1. The predicted molar refractivity (Wildman–Crippen MR) is 48.7 cm³/mol. The lowest BCUT2D eigenvalue weighted by atomic mass is 10.2. The molecule has 0 heterocycles. The van der Waals surface area contributed by atoms with Crippen LogP contribution in [0.3, 0.4) is 0 Å². The molecule has 0 aliphatic carbocycles. The van der Waals surface area contributed by atoms with E-state index in [1.165, 1.54) is 12.1 Å². The van der Waals surface area contributed by atoms with E-state index in [4.69, 9.17) is 0 Å². The Hall–Kier alpha value is -2.10. The van der Waals surface area contributed by atoms with E-state index >= 15 is 0 Å². The van der Waals surface area contributed by atoms with E-state index in [0.29, 0.717) is 0 Å². The smallest absolute Gasteiger partial charge is 0.346 e. The Morgan fingerprint density at radius 2 is 2.07 bits per heavy atom. The first-order valence-electron chi connectivity index (χ1n) is 3.81. The third-order valence-corrected chi connectivity index (χ3v) is 1.47. The molecule has 0 fully saturated rings. The summed E-state index contributed by atoms with van der Waals surface area (Å²) in [4.78, 5) is 21.4. The molecule has 0 spiro atoms. The summed E-state index contributed by atoms with van der Waals surface area (Å²) in [6.07, 6.45) is 1.01. The van der Waals surface area contributed by atoms with Crippen LogP contribution in [0.2, 0.25) is 0 Å². The highest BCUT2D eigenvalue weighted by Gasteiger charge is 2.11. The van der Waals surface area contributed by atoms with E-state index in [0.717, 1.165) is 6.26 Å². The summed E-state index contributed by atoms with van der Waals surface area (Å²) in [5.41, 5.74) is 0.180. The molecule has 0 unspecified atom stereocenters. The van der Waals surface area contributed by atoms with Gasteiger partial charge >= 0.3 is 5.97 Å². The largest absolute Gasteiger partial charge is 0.431 e. The zero-order valence-corrected chi connectivity index (χ0v) is 7.30. The Morgan fingerprint density at radius 3 is 2.71 bits per heavy atom. The number of benzene rings is 1. The minimum atomic E-state index is -0.613. The van der Waals surface area contributed by atoms with E-state index < -0.39 is 5.97 Å². The average molecular weight is 192 g/mol. The van der Waals surface area contributed by atoms with Gasteiger partial charge in [-0.25, -0.2) is 4.79 Å². The van der Waals surface area contributed by atoms with Gasteiger partial charge in [0.25, 0.3) is 6.47 Å². The van der Waals surface area contributed by atoms with Gasteiger partial charge in [0.15, 0.2) is 0 Å². The molecule has 72 valence electrons. The van der Waals surface area contributed by atoms with Gasteiger partial charge in [-0.3, -0.25) is 4.79 Å². The molecule has 0 atom stereocenters. The van der Waals surface area contributed by atoms with Gasteiger partial charge in [0.1, 0.15) is 11.3 Å². The van der Waals surface area contributed by atoms with Crippen molar-refractivity contribution >= 4 is 12.4 Å². The monoisotopic (exact) mass is 192 g/mol. The first-order chi connectivity index (χ1) is 6.79. The van der Waals surface area contributed by atoms with Crippen LogP contribution in [0.5, 0.6) is 5.75 Å². The second kappa shape index (κ2) is 4.81. The molecule has 1 rings (SSSR count). The summed E-state index contributed by atoms with van der Waals surface area (Å²) in [5.74, 6) is -0.452. The van der Waals surface area contributed by atoms with Crippen LogP contribution >= 0.6 is 0 Å². The van der Waals surface area contributed by atoms with Gasteiger partial charge in [-0.15, -0.1) is 0 Å². The van der Waals surface area contributed by atoms with Crippen LogP contribution in [-0.4, -0.2) is 12.4 Å². The number of rotatable bonds is 4. The zero-order chi connectivity index (χ0) is 10.4. The molecule has 14 heavy (non-hydrogen) atoms. The molecule has 0 bridgehead atoms. The number of para-hydroxylation sites is 1. The molecular weight excluding hydrogens is 184 g/mol. The van der Waals surface area contributed by atoms with Crippen molar-refractivity contribution in [3.8, 4) is 5.75 Å². The van der Waals surface area contributed by atoms with E-state index in [-0.39, 0.29) is 17.8 Å². The number of ether oxygens (including phenoxy) is 2. The van der Waals surface area contributed by atoms with Crippen molar-refractivity contribution in [1.29, 1.82) is 0 Å². The molecule has 0 saturated carbocycles. The van der Waals surface area contributed by atoms with Gasteiger partial charge in [-0.2, -0.15) is 0 Å². The predicted octanol–water partition coefficient (Wildman–Crippen LogP) is 1.52. The SMILES string of the molecule is C=COC(=O)c1ccccc1OC=O. The van der Waals surface area contributed by atoms with Crippen molar-refractivity contribution in [3.63, 3.8) is 0 Å². The van der Waals surface area contributed by atoms with E-state index in [1.54, 1.807) is 12.1 Å². The molecule has 0 amide bonds. The zero-order valence-electron chi connectivity index (χ0n) is 7.30. The maximum Gasteiger partial charge on any atom is 0.346 e. The van der Waals surface area contributed by atoms with E-state index in [2.05, 4.69) is 16.1 Å². The van der Waals surface area contributed by atoms with Crippen molar-refractivity contribution in [2.24, 2.45) is 0 Å². The van der Waals surface area contributed by atoms with Gasteiger partial charge < -0.3 is 9.47 Å². The summed E-state index contributed by atoms with van der Waals surface area (Å²) in [5, 5.41) is 0. The second-order valence-corrected chi connectivity index (χ2v) is 2.28. The number of hydrogen-bond acceptors (Lipinski definition) is 4. The lowest BCUT2D eigenvalue weighted by molar-refractivity contribution is -0.120. The Kier molecular flexibility index (Phi) is 3.43. The lowest BCUT2D eigenvalue weighted by Gasteiger charge is -2.03. The first-order valence-corrected chi connectivity index (χ1v) is 3.81. The minimum absolute atomic E-state index is 0.161. The lowest BCUT2D eigenvalue weighted by Crippen LogP contribution is -2.03. The van der Waals surface area contributed by atoms with Gasteiger partial charge in [0, 0.05) is 0 Å². The van der Waals surface area contributed by atoms with Crippen molar-refractivity contribution in [2.45, 2.75) is 0 Å². The maximum atomic E-state index is 11.3. The summed E-state index contributed by atoms with van der Waals surface area (Å²) < 4.78 is 9.13. The van der Waals surface area contributed by atoms with Gasteiger partial charge in [0.2, 0.25) is 0 Å². The number of hydrogen-bond donors (Lipinski definition) is 0. The van der Waals surface area contributed by atoms with E-state index in [9.17, 15) is 9.59 Å². The van der Waals surface area contributed by atoms with Crippen molar-refractivity contribution < 1.29 is 19.1 Å². The molecule has 4 heteroatoms. The molecule has 0 saturated heterocycles. The normalized spacial score (nSPS) is 8.86. The fourth-order valence-corrected chi connectivity index (χ4v) is 0.929. The third kappa shape index (κ3) is 2.20. The second-order valence-electron chi connectivity index (χ2n) is 2.28. The molecule has 4 nitrogen and oxygen atoms in total. The Balaban J connectivity index is 2.99. The van der Waals surface area contributed by atoms with Crippen LogP contribution in [0.1, 0.15) is 10.4 Å². The highest BCUT2D eigenvalue weighted by molar-refractivity contribution is 5.93. The molecule has 0 N–H and O–H groups in total. The fraction of sp³-hybridized carbons (Fsp3) is 0. The number of carbonyl (C=O) groups is 2. The quantitative estimate of drug-likeness (QED) is 0.412. The van der Waals surface area contributed by atoms with Crippen LogP contribution in [0, 0.1) is 0 Å². The number of carbonyl (C=O) groups excluding carboxylic acids is 2. The molecule has 1 aromatic carbocycles. The molecule has 0 aliphatic rings. The summed E-state index contributed by atoms with van der Waals surface area (Å²) in [7, 11) is 0. The first kappa shape index (κ1) is 9.98. The fourth-order valence-electron chi connectivity index (χ4n) is 0.929. The molecule has 0 aromatic heterocycles. The van der Waals surface area contributed by atoms with Gasteiger partial charge in [-0.1, -0.05) is 18.7 Å². The topological polar surface area (TPSA) is 52.6 Å². The Labute approximate surface area is 80.8 Å². The van der Waals surface area contributed by atoms with Gasteiger partial charge in [0.05, 0.1) is 6.26 Å². The molecule has 0 aliphatic heterocycles. The van der Waals surface area contributed by atoms with Gasteiger partial charge in [-0.05, 0) is 12.1 Å². The van der Waals surface area contributed by atoms with Crippen LogP contribution < -0.4 is 4.74 Å². The van der Waals surface area contributed by atoms with Crippen LogP contribution in [-0.2, 0) is 9.53 Å². The van der Waals surface area contributed by atoms with Crippen LogP contribution in [0.25, 0.3) is 0 Å². The molecule has 0 radical (unpaired) electrons. The molecule has 1 aromatic rings. The van der Waals surface area contributed by atoms with Crippen LogP contribution in [0.4, 0.5) is 0 Å². The summed E-state index contributed by atoms with van der Waals surface area (Å²) in [6.45, 7) is 3.50. The van der Waals surface area contributed by atoms with Crippen molar-refractivity contribution in [2.75, 3.05) is 0 Å². The Bertz CT molecular complexity index is 357. The third-order valence-electron chi connectivity index (χ3n) is 1.47. The highest BCUT2D eigenvalue weighted by atomic mass is 16.5. The summed E-state index contributed by atoms with van der Waals surface area (Å²) in [6, 6.07) is 6.26. The standard InChI is InChI=1S/C10H8O4/c1-2-13-10(12)8-5-3-4-6-9(8)14-7-11/h2-7H,1H2. The van der Waals surface area contributed by atoms with Crippen LogP contribution in [0.15, 0.2) is 37.1 Å². The van der Waals surface area contributed by atoms with Crippen molar-refractivity contribution in [3.05, 3.63) is 42.7 Å². The Morgan fingerprint density at radius 1 is 1.36 bits per heavy atom. The maximum absolute atomic E-state index is 11.3. The average Bonchev–Trinajstić information content (AvgIpc) is 2.19. The highest BCUT2D eigenvalue weighted by Crippen LogP contribution is 2.18.